The molecule has 0 saturated heterocycles. The summed E-state index contributed by atoms with van der Waals surface area (Å²) in [5.74, 6) is -0.0899. The molecule has 0 unspecified atom stereocenters. The van der Waals surface area contributed by atoms with Crippen LogP contribution in [0.2, 0.25) is 0 Å². The lowest BCUT2D eigenvalue weighted by atomic mass is 10.1. The van der Waals surface area contributed by atoms with Gasteiger partial charge in [0.2, 0.25) is 0 Å². The van der Waals surface area contributed by atoms with Crippen LogP contribution in [0, 0.1) is 0 Å². The fourth-order valence-corrected chi connectivity index (χ4v) is 2.80. The first kappa shape index (κ1) is 17.2. The molecule has 2 heterocycles. The number of aromatic nitrogens is 2. The van der Waals surface area contributed by atoms with Crippen LogP contribution in [-0.4, -0.2) is 34.5 Å². The Bertz CT molecular complexity index is 577. The van der Waals surface area contributed by atoms with Crippen molar-refractivity contribution in [3.05, 3.63) is 29.9 Å². The van der Waals surface area contributed by atoms with E-state index in [9.17, 15) is 9.59 Å². The largest absolute Gasteiger partial charge is 0.351 e. The number of carbonyl (C=O) groups is 2. The Balaban J connectivity index is 2.16. The fourth-order valence-electron chi connectivity index (χ4n) is 2.80. The van der Waals surface area contributed by atoms with Crippen molar-refractivity contribution in [2.24, 2.45) is 0 Å². The number of carbonyl (C=O) groups excluding carboxylic acids is 2. The van der Waals surface area contributed by atoms with E-state index in [1.807, 2.05) is 4.57 Å². The summed E-state index contributed by atoms with van der Waals surface area (Å²) in [6.07, 6.45) is 7.61. The lowest BCUT2D eigenvalue weighted by molar-refractivity contribution is 0.0942. The maximum atomic E-state index is 12.4. The smallest absolute Gasteiger partial charge is 0.287 e. The summed E-state index contributed by atoms with van der Waals surface area (Å²) in [5, 5.41) is 5.66. The van der Waals surface area contributed by atoms with Crippen LogP contribution >= 0.6 is 0 Å². The predicted molar refractivity (Wildman–Crippen MR) is 89.6 cm³/mol. The summed E-state index contributed by atoms with van der Waals surface area (Å²) in [4.78, 5) is 29.0. The third-order valence-electron chi connectivity index (χ3n) is 4.01. The highest BCUT2D eigenvalue weighted by atomic mass is 16.2. The number of hydrogen-bond donors (Lipinski definition) is 2. The maximum Gasteiger partial charge on any atom is 0.287 e. The summed E-state index contributed by atoms with van der Waals surface area (Å²) in [7, 11) is 0. The van der Waals surface area contributed by atoms with Crippen LogP contribution in [-0.2, 0) is 13.0 Å². The van der Waals surface area contributed by atoms with E-state index < -0.39 is 0 Å². The van der Waals surface area contributed by atoms with Crippen molar-refractivity contribution in [3.63, 3.8) is 0 Å². The summed E-state index contributed by atoms with van der Waals surface area (Å²) in [6.45, 7) is 7.49. The summed E-state index contributed by atoms with van der Waals surface area (Å²) in [6, 6.07) is 0. The third-order valence-corrected chi connectivity index (χ3v) is 4.01. The van der Waals surface area contributed by atoms with Gasteiger partial charge in [0.1, 0.15) is 5.69 Å². The average Bonchev–Trinajstić information content (AvgIpc) is 2.96. The van der Waals surface area contributed by atoms with Crippen LogP contribution in [0.1, 0.15) is 65.8 Å². The Hall–Kier alpha value is -2.11. The van der Waals surface area contributed by atoms with Crippen LogP contribution < -0.4 is 10.6 Å². The van der Waals surface area contributed by atoms with Gasteiger partial charge in [-0.2, -0.15) is 0 Å². The SMILES string of the molecule is C=CCNC(=O)c1nc(C(=O)NCCCCC)c2n1CCCC2. The zero-order chi connectivity index (χ0) is 16.7. The number of rotatable bonds is 8. The summed E-state index contributed by atoms with van der Waals surface area (Å²) >= 11 is 0. The van der Waals surface area contributed by atoms with Crippen molar-refractivity contribution >= 4 is 11.8 Å². The molecule has 1 aromatic heterocycles. The van der Waals surface area contributed by atoms with E-state index in [4.69, 9.17) is 0 Å². The van der Waals surface area contributed by atoms with Gasteiger partial charge in [-0.05, 0) is 25.7 Å². The fraction of sp³-hybridized carbons (Fsp3) is 0.588. The molecular formula is C17H26N4O2. The molecule has 23 heavy (non-hydrogen) atoms. The lowest BCUT2D eigenvalue weighted by Crippen LogP contribution is -2.28. The number of hydrogen-bond acceptors (Lipinski definition) is 3. The van der Waals surface area contributed by atoms with Gasteiger partial charge in [-0.3, -0.25) is 9.59 Å². The van der Waals surface area contributed by atoms with Gasteiger partial charge in [0, 0.05) is 19.6 Å². The highest BCUT2D eigenvalue weighted by Crippen LogP contribution is 2.21. The van der Waals surface area contributed by atoms with Gasteiger partial charge < -0.3 is 15.2 Å². The number of amides is 2. The Kier molecular flexibility index (Phi) is 6.38. The predicted octanol–water partition coefficient (Wildman–Crippen LogP) is 2.06. The van der Waals surface area contributed by atoms with E-state index in [1.54, 1.807) is 6.08 Å². The minimum absolute atomic E-state index is 0.172. The molecule has 1 aromatic rings. The molecule has 0 bridgehead atoms. The van der Waals surface area contributed by atoms with Gasteiger partial charge in [0.05, 0.1) is 5.69 Å². The first-order valence-electron chi connectivity index (χ1n) is 8.45. The van der Waals surface area contributed by atoms with Crippen molar-refractivity contribution < 1.29 is 9.59 Å². The molecule has 126 valence electrons. The molecule has 0 atom stereocenters. The van der Waals surface area contributed by atoms with Crippen LogP contribution in [0.25, 0.3) is 0 Å². The van der Waals surface area contributed by atoms with E-state index >= 15 is 0 Å². The normalized spacial score (nSPS) is 13.3. The molecule has 2 N–H and O–H groups in total. The Labute approximate surface area is 137 Å². The molecule has 0 fully saturated rings. The summed E-state index contributed by atoms with van der Waals surface area (Å²) < 4.78 is 1.89. The lowest BCUT2D eigenvalue weighted by Gasteiger charge is -2.16. The molecule has 2 amide bonds. The van der Waals surface area contributed by atoms with E-state index in [1.165, 1.54) is 0 Å². The molecule has 2 rings (SSSR count). The van der Waals surface area contributed by atoms with Crippen molar-refractivity contribution in [1.82, 2.24) is 20.2 Å². The molecule has 1 aliphatic heterocycles. The molecule has 1 aliphatic rings. The minimum atomic E-state index is -0.252. The second kappa shape index (κ2) is 8.50. The Morgan fingerprint density at radius 1 is 1.26 bits per heavy atom. The van der Waals surface area contributed by atoms with Crippen LogP contribution in [0.5, 0.6) is 0 Å². The molecule has 0 aliphatic carbocycles. The topological polar surface area (TPSA) is 76.0 Å². The van der Waals surface area contributed by atoms with E-state index in [-0.39, 0.29) is 11.8 Å². The second-order valence-electron chi connectivity index (χ2n) is 5.80. The number of imidazole rings is 1. The molecule has 6 heteroatoms. The Morgan fingerprint density at radius 2 is 2.09 bits per heavy atom. The molecule has 6 nitrogen and oxygen atoms in total. The second-order valence-corrected chi connectivity index (χ2v) is 5.80. The van der Waals surface area contributed by atoms with Crippen LogP contribution in [0.15, 0.2) is 12.7 Å². The first-order chi connectivity index (χ1) is 11.2. The van der Waals surface area contributed by atoms with Gasteiger partial charge in [0.25, 0.3) is 11.8 Å². The van der Waals surface area contributed by atoms with E-state index in [0.29, 0.717) is 24.6 Å². The van der Waals surface area contributed by atoms with Crippen molar-refractivity contribution in [2.75, 3.05) is 13.1 Å². The zero-order valence-electron chi connectivity index (χ0n) is 13.9. The number of nitrogens with zero attached hydrogens (tertiary/aromatic N) is 2. The minimum Gasteiger partial charge on any atom is -0.351 e. The molecule has 0 radical (unpaired) electrons. The quantitative estimate of drug-likeness (QED) is 0.569. The van der Waals surface area contributed by atoms with Crippen molar-refractivity contribution in [3.8, 4) is 0 Å². The van der Waals surface area contributed by atoms with Gasteiger partial charge in [-0.25, -0.2) is 4.98 Å². The molecule has 0 aromatic carbocycles. The van der Waals surface area contributed by atoms with Gasteiger partial charge >= 0.3 is 0 Å². The number of unbranched alkanes of at least 4 members (excludes halogenated alkanes) is 2. The number of fused-ring (bicyclic) bond motifs is 1. The van der Waals surface area contributed by atoms with E-state index in [2.05, 4.69) is 29.1 Å². The monoisotopic (exact) mass is 318 g/mol. The number of nitrogens with one attached hydrogen (secondary N) is 2. The third kappa shape index (κ3) is 4.21. The maximum absolute atomic E-state index is 12.4. The van der Waals surface area contributed by atoms with Crippen LogP contribution in [0.3, 0.4) is 0 Å². The summed E-state index contributed by atoms with van der Waals surface area (Å²) in [5.41, 5.74) is 1.29. The molecule has 0 saturated carbocycles. The molecular weight excluding hydrogens is 292 g/mol. The standard InChI is InChI=1S/C17H26N4O2/c1-3-5-7-11-19-16(22)14-13-9-6-8-12-21(13)15(20-14)17(23)18-10-4-2/h4H,2-3,5-12H2,1H3,(H,18,23)(H,19,22). The highest BCUT2D eigenvalue weighted by molar-refractivity contribution is 5.97. The first-order valence-corrected chi connectivity index (χ1v) is 8.45. The zero-order valence-corrected chi connectivity index (χ0v) is 13.9. The van der Waals surface area contributed by atoms with Gasteiger partial charge in [0.15, 0.2) is 5.82 Å². The van der Waals surface area contributed by atoms with Gasteiger partial charge in [-0.1, -0.05) is 25.8 Å². The van der Waals surface area contributed by atoms with E-state index in [0.717, 1.165) is 50.8 Å². The molecule has 0 spiro atoms. The highest BCUT2D eigenvalue weighted by Gasteiger charge is 2.26. The van der Waals surface area contributed by atoms with Crippen molar-refractivity contribution in [2.45, 2.75) is 52.0 Å². The van der Waals surface area contributed by atoms with Crippen molar-refractivity contribution in [1.29, 1.82) is 0 Å². The van der Waals surface area contributed by atoms with Gasteiger partial charge in [-0.15, -0.1) is 6.58 Å². The average molecular weight is 318 g/mol. The van der Waals surface area contributed by atoms with Crippen LogP contribution in [0.4, 0.5) is 0 Å². The Morgan fingerprint density at radius 3 is 2.83 bits per heavy atom.